The van der Waals surface area contributed by atoms with Crippen LogP contribution in [0.5, 0.6) is 0 Å². The number of primary sulfonamides is 1. The topological polar surface area (TPSA) is 89.3 Å². The van der Waals surface area contributed by atoms with E-state index in [1.54, 1.807) is 13.0 Å². The molecule has 21 heavy (non-hydrogen) atoms. The van der Waals surface area contributed by atoms with Crippen LogP contribution in [0, 0.1) is 6.92 Å². The third-order valence-corrected chi connectivity index (χ3v) is 5.63. The molecule has 0 aliphatic heterocycles. The number of benzene rings is 1. The lowest BCUT2D eigenvalue weighted by Gasteiger charge is -2.06. The summed E-state index contributed by atoms with van der Waals surface area (Å²) in [5.41, 5.74) is 2.39. The van der Waals surface area contributed by atoms with Crippen molar-refractivity contribution in [3.8, 4) is 0 Å². The lowest BCUT2D eigenvalue weighted by Crippen LogP contribution is -2.11. The minimum absolute atomic E-state index is 0.00698. The van der Waals surface area contributed by atoms with Crippen LogP contribution in [0.4, 0.5) is 5.69 Å². The minimum Gasteiger partial charge on any atom is -0.321 e. The van der Waals surface area contributed by atoms with Gasteiger partial charge in [0.05, 0.1) is 4.88 Å². The van der Waals surface area contributed by atoms with E-state index in [0.29, 0.717) is 16.1 Å². The van der Waals surface area contributed by atoms with Crippen LogP contribution in [-0.4, -0.2) is 14.3 Å². The van der Waals surface area contributed by atoms with Gasteiger partial charge in [0, 0.05) is 5.69 Å². The summed E-state index contributed by atoms with van der Waals surface area (Å²) < 4.78 is 22.6. The van der Waals surface area contributed by atoms with Crippen LogP contribution in [0.25, 0.3) is 0 Å². The zero-order chi connectivity index (χ0) is 15.6. The Morgan fingerprint density at radius 1 is 1.33 bits per heavy atom. The van der Waals surface area contributed by atoms with E-state index in [1.807, 2.05) is 25.1 Å². The molecule has 2 aromatic rings. The normalized spacial score (nSPS) is 11.4. The van der Waals surface area contributed by atoms with E-state index in [0.717, 1.165) is 23.3 Å². The molecule has 1 aromatic carbocycles. The maximum absolute atomic E-state index is 12.2. The Morgan fingerprint density at radius 2 is 2.05 bits per heavy atom. The summed E-state index contributed by atoms with van der Waals surface area (Å²) in [6, 6.07) is 8.94. The van der Waals surface area contributed by atoms with Crippen LogP contribution in [0.3, 0.4) is 0 Å². The van der Waals surface area contributed by atoms with Crippen molar-refractivity contribution in [3.05, 3.63) is 46.3 Å². The van der Waals surface area contributed by atoms with Crippen LogP contribution >= 0.6 is 11.3 Å². The average Bonchev–Trinajstić information content (AvgIpc) is 2.81. The Kier molecular flexibility index (Phi) is 4.46. The van der Waals surface area contributed by atoms with Gasteiger partial charge in [-0.15, -0.1) is 11.3 Å². The Morgan fingerprint density at radius 3 is 2.62 bits per heavy atom. The molecule has 1 amide bonds. The van der Waals surface area contributed by atoms with E-state index >= 15 is 0 Å². The molecule has 0 fully saturated rings. The molecule has 7 heteroatoms. The van der Waals surface area contributed by atoms with Crippen LogP contribution in [0.2, 0.25) is 0 Å². The van der Waals surface area contributed by atoms with E-state index in [1.165, 1.54) is 6.07 Å². The van der Waals surface area contributed by atoms with Crippen molar-refractivity contribution in [2.75, 3.05) is 5.32 Å². The van der Waals surface area contributed by atoms with Gasteiger partial charge in [0.1, 0.15) is 4.21 Å². The molecular weight excluding hydrogens is 308 g/mol. The van der Waals surface area contributed by atoms with Gasteiger partial charge in [-0.05, 0) is 42.7 Å². The molecule has 0 aliphatic rings. The van der Waals surface area contributed by atoms with Crippen LogP contribution < -0.4 is 10.5 Å². The van der Waals surface area contributed by atoms with Crippen LogP contribution in [0.1, 0.15) is 27.7 Å². The minimum atomic E-state index is -3.78. The number of carbonyl (C=O) groups excluding carboxylic acids is 1. The first kappa shape index (κ1) is 15.7. The summed E-state index contributed by atoms with van der Waals surface area (Å²) >= 11 is 0.879. The second kappa shape index (κ2) is 5.97. The van der Waals surface area contributed by atoms with E-state index in [9.17, 15) is 13.2 Å². The lowest BCUT2D eigenvalue weighted by molar-refractivity contribution is 0.103. The van der Waals surface area contributed by atoms with Gasteiger partial charge in [-0.3, -0.25) is 4.79 Å². The van der Waals surface area contributed by atoms with Gasteiger partial charge >= 0.3 is 0 Å². The molecule has 0 bridgehead atoms. The standard InChI is InChI=1S/C14H16N2O3S2/c1-3-10-5-4-6-11(8-10)16-14(17)13-9(2)7-12(20-13)21(15,18)19/h4-8H,3H2,1-2H3,(H,16,17)(H2,15,18,19). The predicted octanol–water partition coefficient (Wildman–Crippen LogP) is 2.52. The Balaban J connectivity index is 2.26. The summed E-state index contributed by atoms with van der Waals surface area (Å²) in [7, 11) is -3.78. The second-order valence-corrected chi connectivity index (χ2v) is 7.47. The van der Waals surface area contributed by atoms with Gasteiger partial charge < -0.3 is 5.32 Å². The third kappa shape index (κ3) is 3.69. The molecule has 0 saturated heterocycles. The molecule has 0 aliphatic carbocycles. The number of sulfonamides is 1. The number of nitrogens with two attached hydrogens (primary N) is 1. The van der Waals surface area contributed by atoms with Crippen LogP contribution in [0.15, 0.2) is 34.5 Å². The third-order valence-electron chi connectivity index (χ3n) is 2.97. The van der Waals surface area contributed by atoms with Crippen molar-refractivity contribution < 1.29 is 13.2 Å². The quantitative estimate of drug-likeness (QED) is 0.905. The predicted molar refractivity (Wildman–Crippen MR) is 84.2 cm³/mol. The Hall–Kier alpha value is -1.70. The number of thiophene rings is 1. The van der Waals surface area contributed by atoms with Gasteiger partial charge in [-0.25, -0.2) is 13.6 Å². The van der Waals surface area contributed by atoms with Crippen molar-refractivity contribution in [2.24, 2.45) is 5.14 Å². The van der Waals surface area contributed by atoms with E-state index in [4.69, 9.17) is 5.14 Å². The summed E-state index contributed by atoms with van der Waals surface area (Å²) in [5, 5.41) is 7.85. The second-order valence-electron chi connectivity index (χ2n) is 4.63. The van der Waals surface area contributed by atoms with Gasteiger partial charge in [0.15, 0.2) is 0 Å². The van der Waals surface area contributed by atoms with Crippen molar-refractivity contribution >= 4 is 33.0 Å². The smallest absolute Gasteiger partial charge is 0.266 e. The summed E-state index contributed by atoms with van der Waals surface area (Å²) in [4.78, 5) is 12.6. The first-order valence-electron chi connectivity index (χ1n) is 6.34. The van der Waals surface area contributed by atoms with E-state index in [-0.39, 0.29) is 10.1 Å². The monoisotopic (exact) mass is 324 g/mol. The summed E-state index contributed by atoms with van der Waals surface area (Å²) in [6.45, 7) is 3.71. The Labute approximate surface area is 127 Å². The number of hydrogen-bond acceptors (Lipinski definition) is 4. The fourth-order valence-corrected chi connectivity index (χ4v) is 3.73. The fourth-order valence-electron chi connectivity index (χ4n) is 1.88. The van der Waals surface area contributed by atoms with Gasteiger partial charge in [0.25, 0.3) is 5.91 Å². The largest absolute Gasteiger partial charge is 0.321 e. The van der Waals surface area contributed by atoms with Crippen molar-refractivity contribution in [3.63, 3.8) is 0 Å². The molecule has 0 unspecified atom stereocenters. The highest BCUT2D eigenvalue weighted by molar-refractivity contribution is 7.91. The molecule has 112 valence electrons. The highest BCUT2D eigenvalue weighted by atomic mass is 32.2. The van der Waals surface area contributed by atoms with E-state index in [2.05, 4.69) is 5.32 Å². The molecule has 2 rings (SSSR count). The average molecular weight is 324 g/mol. The first-order valence-corrected chi connectivity index (χ1v) is 8.71. The lowest BCUT2D eigenvalue weighted by atomic mass is 10.1. The van der Waals surface area contributed by atoms with Crippen molar-refractivity contribution in [1.29, 1.82) is 0 Å². The number of rotatable bonds is 4. The highest BCUT2D eigenvalue weighted by Gasteiger charge is 2.19. The molecule has 3 N–H and O–H groups in total. The number of amides is 1. The number of hydrogen-bond donors (Lipinski definition) is 2. The van der Waals surface area contributed by atoms with Crippen molar-refractivity contribution in [2.45, 2.75) is 24.5 Å². The zero-order valence-electron chi connectivity index (χ0n) is 11.7. The maximum atomic E-state index is 12.2. The first-order chi connectivity index (χ1) is 9.81. The van der Waals surface area contributed by atoms with Gasteiger partial charge in [-0.1, -0.05) is 19.1 Å². The molecule has 0 atom stereocenters. The molecule has 1 heterocycles. The SMILES string of the molecule is CCc1cccc(NC(=O)c2sc(S(N)(=O)=O)cc2C)c1. The molecule has 0 radical (unpaired) electrons. The van der Waals surface area contributed by atoms with Crippen LogP contribution in [-0.2, 0) is 16.4 Å². The highest BCUT2D eigenvalue weighted by Crippen LogP contribution is 2.26. The van der Waals surface area contributed by atoms with Crippen molar-refractivity contribution in [1.82, 2.24) is 0 Å². The number of carbonyl (C=O) groups is 1. The molecular formula is C14H16N2O3S2. The summed E-state index contributed by atoms with van der Waals surface area (Å²) in [6.07, 6.45) is 0.872. The number of nitrogens with one attached hydrogen (secondary N) is 1. The van der Waals surface area contributed by atoms with Gasteiger partial charge in [0.2, 0.25) is 10.0 Å². The molecule has 1 aromatic heterocycles. The number of aryl methyl sites for hydroxylation is 2. The molecule has 5 nitrogen and oxygen atoms in total. The molecule has 0 saturated carbocycles. The van der Waals surface area contributed by atoms with Gasteiger partial charge in [-0.2, -0.15) is 0 Å². The number of anilines is 1. The zero-order valence-corrected chi connectivity index (χ0v) is 13.3. The fraction of sp³-hybridized carbons (Fsp3) is 0.214. The summed E-state index contributed by atoms with van der Waals surface area (Å²) in [5.74, 6) is -0.333. The Bertz CT molecular complexity index is 779. The molecule has 0 spiro atoms. The van der Waals surface area contributed by atoms with E-state index < -0.39 is 10.0 Å². The maximum Gasteiger partial charge on any atom is 0.266 e.